The van der Waals surface area contributed by atoms with Gasteiger partial charge in [0.15, 0.2) is 6.29 Å². The first-order valence-corrected chi connectivity index (χ1v) is 20.5. The van der Waals surface area contributed by atoms with Crippen LogP contribution >= 0.6 is 0 Å². The Balaban J connectivity index is 1.20. The number of carboxylic acid groups (broad SMARTS) is 1. The SMILES string of the molecule is C[C@H]1[C@H](C)CC[C@]2(C(=O)O[C@@H]3OC[C@H](O)[C@H](O)[C@H]3O)CC[C@]3(C(=O)O)C(=CC[C@@H]4[C@@]5(C)CC[C@H](O[C@@H]6O[C@H](CO)[C@@H](O)[C@H](O)[C@H]6O)C(C)(C)[C@@H]5CC[C@]43C)[C@H]12. The molecular formula is C41H64O14. The molecule has 0 amide bonds. The number of ether oxygens (including phenoxy) is 4. The molecule has 55 heavy (non-hydrogen) atoms. The van der Waals surface area contributed by atoms with E-state index in [4.69, 9.17) is 18.9 Å². The Kier molecular flexibility index (Phi) is 10.7. The van der Waals surface area contributed by atoms with Gasteiger partial charge in [-0.1, -0.05) is 53.2 Å². The molecule has 2 heterocycles. The summed E-state index contributed by atoms with van der Waals surface area (Å²) in [4.78, 5) is 28.6. The van der Waals surface area contributed by atoms with Gasteiger partial charge < -0.3 is 59.8 Å². The topological polar surface area (TPSA) is 233 Å². The summed E-state index contributed by atoms with van der Waals surface area (Å²) < 4.78 is 23.6. The normalized spacial score (nSPS) is 53.4. The lowest BCUT2D eigenvalue weighted by atomic mass is 9.33. The summed E-state index contributed by atoms with van der Waals surface area (Å²) in [6, 6.07) is 0. The van der Waals surface area contributed by atoms with E-state index < -0.39 is 101 Å². The van der Waals surface area contributed by atoms with Gasteiger partial charge >= 0.3 is 11.9 Å². The fourth-order valence-corrected chi connectivity index (χ4v) is 13.6. The van der Waals surface area contributed by atoms with E-state index in [1.165, 1.54) is 0 Å². The number of rotatable bonds is 6. The highest BCUT2D eigenvalue weighted by atomic mass is 16.7. The van der Waals surface area contributed by atoms with Crippen LogP contribution in [0.1, 0.15) is 99.3 Å². The summed E-state index contributed by atoms with van der Waals surface area (Å²) in [6.07, 6.45) is -5.96. The Morgan fingerprint density at radius 3 is 2.18 bits per heavy atom. The largest absolute Gasteiger partial charge is 0.481 e. The van der Waals surface area contributed by atoms with Crippen molar-refractivity contribution in [3.8, 4) is 0 Å². The summed E-state index contributed by atoms with van der Waals surface area (Å²) in [6.45, 7) is 12.1. The van der Waals surface area contributed by atoms with Crippen molar-refractivity contribution in [1.29, 1.82) is 0 Å². The number of aliphatic hydroxyl groups is 7. The third kappa shape index (κ3) is 5.85. The molecule has 14 nitrogen and oxygen atoms in total. The predicted octanol–water partition coefficient (Wildman–Crippen LogP) is 1.88. The lowest BCUT2D eigenvalue weighted by Gasteiger charge is -2.70. The average Bonchev–Trinajstić information content (AvgIpc) is 3.13. The molecule has 14 heteroatoms. The fraction of sp³-hybridized carbons (Fsp3) is 0.902. The smallest absolute Gasteiger partial charge is 0.315 e. The first kappa shape index (κ1) is 41.4. The van der Waals surface area contributed by atoms with Gasteiger partial charge in [-0.05, 0) is 104 Å². The summed E-state index contributed by atoms with van der Waals surface area (Å²) >= 11 is 0. The third-order valence-electron chi connectivity index (χ3n) is 17.0. The van der Waals surface area contributed by atoms with Crippen LogP contribution in [0, 0.1) is 56.7 Å². The highest BCUT2D eigenvalue weighted by molar-refractivity contribution is 5.85. The van der Waals surface area contributed by atoms with Crippen LogP contribution < -0.4 is 0 Å². The number of carboxylic acids is 1. The first-order chi connectivity index (χ1) is 25.7. The van der Waals surface area contributed by atoms with Crippen LogP contribution in [0.5, 0.6) is 0 Å². The highest BCUT2D eigenvalue weighted by Crippen LogP contribution is 2.76. The number of allylic oxidation sites excluding steroid dienone is 1. The van der Waals surface area contributed by atoms with Crippen molar-refractivity contribution in [2.75, 3.05) is 13.2 Å². The van der Waals surface area contributed by atoms with Crippen molar-refractivity contribution in [2.24, 2.45) is 56.7 Å². The molecule has 312 valence electrons. The minimum absolute atomic E-state index is 0.0134. The van der Waals surface area contributed by atoms with Crippen LogP contribution in [0.25, 0.3) is 0 Å². The Hall–Kier alpha value is -1.72. The molecule has 6 fully saturated rings. The zero-order valence-corrected chi connectivity index (χ0v) is 33.0. The van der Waals surface area contributed by atoms with E-state index in [9.17, 15) is 50.4 Å². The van der Waals surface area contributed by atoms with Gasteiger partial charge in [-0.25, -0.2) is 0 Å². The molecule has 0 aromatic carbocycles. The van der Waals surface area contributed by atoms with Crippen molar-refractivity contribution in [3.05, 3.63) is 11.6 Å². The van der Waals surface area contributed by atoms with Crippen molar-refractivity contribution in [2.45, 2.75) is 161 Å². The molecule has 0 aromatic rings. The lowest BCUT2D eigenvalue weighted by Crippen LogP contribution is -2.68. The quantitative estimate of drug-likeness (QED) is 0.109. The monoisotopic (exact) mass is 780 g/mol. The summed E-state index contributed by atoms with van der Waals surface area (Å²) in [7, 11) is 0. The van der Waals surface area contributed by atoms with E-state index in [-0.39, 0.29) is 54.6 Å². The van der Waals surface area contributed by atoms with Crippen LogP contribution in [-0.4, -0.2) is 127 Å². The number of fused-ring (bicyclic) bond motifs is 7. The highest BCUT2D eigenvalue weighted by Gasteiger charge is 2.74. The van der Waals surface area contributed by atoms with Crippen molar-refractivity contribution < 1.29 is 69.4 Å². The van der Waals surface area contributed by atoms with Gasteiger partial charge in [0, 0.05) is 0 Å². The molecule has 7 aliphatic rings. The van der Waals surface area contributed by atoms with Crippen LogP contribution in [0.15, 0.2) is 11.6 Å². The molecule has 0 unspecified atom stereocenters. The second-order valence-electron chi connectivity index (χ2n) is 19.5. The number of aliphatic hydroxyl groups excluding tert-OH is 7. The molecular weight excluding hydrogens is 716 g/mol. The van der Waals surface area contributed by atoms with E-state index >= 15 is 0 Å². The maximum absolute atomic E-state index is 14.5. The minimum atomic E-state index is -1.63. The van der Waals surface area contributed by atoms with Crippen molar-refractivity contribution in [3.63, 3.8) is 0 Å². The van der Waals surface area contributed by atoms with E-state index in [0.29, 0.717) is 25.7 Å². The second-order valence-corrected chi connectivity index (χ2v) is 19.5. The van der Waals surface area contributed by atoms with Crippen LogP contribution in [0.4, 0.5) is 0 Å². The molecule has 0 spiro atoms. The number of esters is 1. The molecule has 4 saturated carbocycles. The van der Waals surface area contributed by atoms with Crippen LogP contribution in [0.3, 0.4) is 0 Å². The van der Waals surface area contributed by atoms with E-state index in [1.54, 1.807) is 0 Å². The summed E-state index contributed by atoms with van der Waals surface area (Å²) in [5.74, 6) is -1.60. The molecule has 5 aliphatic carbocycles. The predicted molar refractivity (Wildman–Crippen MR) is 193 cm³/mol. The Labute approximate surface area is 323 Å². The Bertz CT molecular complexity index is 1520. The van der Waals surface area contributed by atoms with Gasteiger partial charge in [0.05, 0.1) is 30.1 Å². The lowest BCUT2D eigenvalue weighted by molar-refractivity contribution is -0.330. The second kappa shape index (κ2) is 14.2. The third-order valence-corrected chi connectivity index (χ3v) is 17.0. The maximum Gasteiger partial charge on any atom is 0.315 e. The van der Waals surface area contributed by atoms with Gasteiger partial charge in [-0.2, -0.15) is 0 Å². The Morgan fingerprint density at radius 1 is 0.818 bits per heavy atom. The average molecular weight is 781 g/mol. The van der Waals surface area contributed by atoms with Gasteiger partial charge in [0.1, 0.15) is 42.7 Å². The maximum atomic E-state index is 14.5. The van der Waals surface area contributed by atoms with Crippen molar-refractivity contribution in [1.82, 2.24) is 0 Å². The molecule has 7 rings (SSSR count). The van der Waals surface area contributed by atoms with E-state index in [1.807, 2.05) is 0 Å². The zero-order chi connectivity index (χ0) is 40.2. The standard InChI is InChI=1S/C41H64O14/c1-19-9-14-40(36(51)55-33-31(47)28(44)22(43)18-52-33)15-16-41(35(49)50)21(27(40)20(19)2)7-8-25-38(5)12-11-26(37(3,4)24(38)10-13-39(25,41)6)54-34-32(48)30(46)29(45)23(17-42)53-34/h7,19-20,22-34,42-48H,8-18H2,1-6H3,(H,49,50)/t19-,20+,22+,23-,24+,25-,26+,27+,28+,29-,30+,31-,32-,33+,34+,38+,39-,40+,41-/m1/s1. The van der Waals surface area contributed by atoms with Crippen LogP contribution in [0.2, 0.25) is 0 Å². The number of carbonyl (C=O) groups is 2. The van der Waals surface area contributed by atoms with Gasteiger partial charge in [-0.3, -0.25) is 9.59 Å². The van der Waals surface area contributed by atoms with Crippen molar-refractivity contribution >= 4 is 11.9 Å². The molecule has 2 aliphatic heterocycles. The summed E-state index contributed by atoms with van der Waals surface area (Å²) in [5, 5.41) is 83.9. The van der Waals surface area contributed by atoms with Gasteiger partial charge in [0.25, 0.3) is 0 Å². The molecule has 0 radical (unpaired) electrons. The number of hydrogen-bond acceptors (Lipinski definition) is 13. The Morgan fingerprint density at radius 2 is 1.51 bits per heavy atom. The molecule has 0 bridgehead atoms. The molecule has 2 saturated heterocycles. The molecule has 8 N–H and O–H groups in total. The number of carbonyl (C=O) groups excluding carboxylic acids is 1. The van der Waals surface area contributed by atoms with Gasteiger partial charge in [0.2, 0.25) is 6.29 Å². The number of aliphatic carboxylic acids is 1. The van der Waals surface area contributed by atoms with Crippen LogP contribution in [-0.2, 0) is 28.5 Å². The van der Waals surface area contributed by atoms with E-state index in [2.05, 4.69) is 47.6 Å². The molecule has 0 aromatic heterocycles. The van der Waals surface area contributed by atoms with E-state index in [0.717, 1.165) is 24.8 Å². The number of hydrogen-bond donors (Lipinski definition) is 8. The van der Waals surface area contributed by atoms with Gasteiger partial charge in [-0.15, -0.1) is 0 Å². The minimum Gasteiger partial charge on any atom is -0.481 e. The fourth-order valence-electron chi connectivity index (χ4n) is 13.6. The zero-order valence-electron chi connectivity index (χ0n) is 33.0. The first-order valence-electron chi connectivity index (χ1n) is 20.5. The molecule has 19 atom stereocenters. The summed E-state index contributed by atoms with van der Waals surface area (Å²) in [5.41, 5.74) is -2.89.